The van der Waals surface area contributed by atoms with E-state index in [0.717, 1.165) is 5.56 Å². The lowest BCUT2D eigenvalue weighted by Gasteiger charge is -2.10. The highest BCUT2D eigenvalue weighted by Gasteiger charge is 2.27. The van der Waals surface area contributed by atoms with Crippen LogP contribution in [-0.2, 0) is 6.54 Å². The molecule has 3 nitrogen and oxygen atoms in total. The summed E-state index contributed by atoms with van der Waals surface area (Å²) in [6.07, 6.45) is -3.68. The molecule has 0 amide bonds. The van der Waals surface area contributed by atoms with Crippen LogP contribution in [0.15, 0.2) is 18.3 Å². The quantitative estimate of drug-likeness (QED) is 0.847. The largest absolute Gasteiger partial charge is 0.477 e. The van der Waals surface area contributed by atoms with Crippen LogP contribution in [0.1, 0.15) is 12.0 Å². The highest BCUT2D eigenvalue weighted by molar-refractivity contribution is 5.25. The molecule has 1 aromatic rings. The standard InChI is InChI=1S/C10H13F3N2O/c1-14-7-8-3-2-5-15-9(8)16-6-4-10(11,12)13/h2-3,5,14H,4,6-7H2,1H3. The van der Waals surface area contributed by atoms with E-state index in [9.17, 15) is 13.2 Å². The average molecular weight is 234 g/mol. The number of alkyl halides is 3. The van der Waals surface area contributed by atoms with Gasteiger partial charge in [-0.3, -0.25) is 0 Å². The van der Waals surface area contributed by atoms with Gasteiger partial charge in [0.05, 0.1) is 13.0 Å². The lowest BCUT2D eigenvalue weighted by molar-refractivity contribution is -0.139. The summed E-state index contributed by atoms with van der Waals surface area (Å²) < 4.78 is 40.7. The molecule has 0 bridgehead atoms. The molecule has 0 saturated carbocycles. The van der Waals surface area contributed by atoms with Gasteiger partial charge in [-0.2, -0.15) is 13.2 Å². The zero-order chi connectivity index (χ0) is 12.0. The van der Waals surface area contributed by atoms with Crippen LogP contribution in [-0.4, -0.2) is 24.8 Å². The van der Waals surface area contributed by atoms with E-state index < -0.39 is 19.2 Å². The van der Waals surface area contributed by atoms with Gasteiger partial charge >= 0.3 is 6.18 Å². The number of nitrogens with zero attached hydrogens (tertiary/aromatic N) is 1. The van der Waals surface area contributed by atoms with Crippen molar-refractivity contribution in [2.75, 3.05) is 13.7 Å². The lowest BCUT2D eigenvalue weighted by Crippen LogP contribution is -2.15. The van der Waals surface area contributed by atoms with Crippen molar-refractivity contribution in [1.29, 1.82) is 0 Å². The predicted octanol–water partition coefficient (Wildman–Crippen LogP) is 2.13. The lowest BCUT2D eigenvalue weighted by atomic mass is 10.3. The maximum Gasteiger partial charge on any atom is 0.392 e. The number of aromatic nitrogens is 1. The molecule has 0 aromatic carbocycles. The molecule has 1 aromatic heterocycles. The molecular weight excluding hydrogens is 221 g/mol. The van der Waals surface area contributed by atoms with Crippen molar-refractivity contribution in [3.8, 4) is 5.88 Å². The maximum absolute atomic E-state index is 11.9. The minimum absolute atomic E-state index is 0.251. The van der Waals surface area contributed by atoms with Gasteiger partial charge in [-0.15, -0.1) is 0 Å². The molecule has 1 heterocycles. The van der Waals surface area contributed by atoms with E-state index in [0.29, 0.717) is 6.54 Å². The highest BCUT2D eigenvalue weighted by Crippen LogP contribution is 2.20. The Bertz CT molecular complexity index is 328. The molecule has 0 radical (unpaired) electrons. The number of rotatable bonds is 5. The molecule has 0 aliphatic carbocycles. The second-order valence-electron chi connectivity index (χ2n) is 3.21. The van der Waals surface area contributed by atoms with Gasteiger partial charge in [0.25, 0.3) is 0 Å². The van der Waals surface area contributed by atoms with Crippen molar-refractivity contribution in [3.05, 3.63) is 23.9 Å². The fourth-order valence-corrected chi connectivity index (χ4v) is 1.14. The fourth-order valence-electron chi connectivity index (χ4n) is 1.14. The normalized spacial score (nSPS) is 11.5. The Hall–Kier alpha value is -1.30. The van der Waals surface area contributed by atoms with Crippen molar-refractivity contribution in [1.82, 2.24) is 10.3 Å². The van der Waals surface area contributed by atoms with E-state index in [1.165, 1.54) is 6.20 Å². The number of halogens is 3. The first kappa shape index (κ1) is 12.8. The number of hydrogen-bond acceptors (Lipinski definition) is 3. The molecule has 90 valence electrons. The summed E-state index contributed by atoms with van der Waals surface area (Å²) in [7, 11) is 1.74. The summed E-state index contributed by atoms with van der Waals surface area (Å²) >= 11 is 0. The van der Waals surface area contributed by atoms with Gasteiger partial charge in [-0.05, 0) is 13.1 Å². The van der Waals surface area contributed by atoms with Crippen molar-refractivity contribution in [3.63, 3.8) is 0 Å². The Morgan fingerprint density at radius 3 is 2.81 bits per heavy atom. The summed E-state index contributed by atoms with van der Waals surface area (Å²) in [6.45, 7) is 0.104. The molecular formula is C10H13F3N2O. The third-order valence-corrected chi connectivity index (χ3v) is 1.84. The summed E-state index contributed by atoms with van der Waals surface area (Å²) in [5, 5.41) is 2.89. The van der Waals surface area contributed by atoms with Gasteiger partial charge in [0.15, 0.2) is 0 Å². The van der Waals surface area contributed by atoms with E-state index in [4.69, 9.17) is 4.74 Å². The second kappa shape index (κ2) is 5.69. The molecule has 0 aliphatic rings. The Labute approximate surface area is 91.6 Å². The van der Waals surface area contributed by atoms with Crippen LogP contribution >= 0.6 is 0 Å². The van der Waals surface area contributed by atoms with Crippen LogP contribution in [0.5, 0.6) is 5.88 Å². The Balaban J connectivity index is 2.52. The summed E-state index contributed by atoms with van der Waals surface area (Å²) in [5.74, 6) is 0.251. The van der Waals surface area contributed by atoms with Gasteiger partial charge < -0.3 is 10.1 Å². The molecule has 1 N–H and O–H groups in total. The third-order valence-electron chi connectivity index (χ3n) is 1.84. The Kier molecular flexibility index (Phi) is 4.54. The second-order valence-corrected chi connectivity index (χ2v) is 3.21. The monoisotopic (exact) mass is 234 g/mol. The summed E-state index contributed by atoms with van der Waals surface area (Å²) in [6, 6.07) is 3.47. The average Bonchev–Trinajstić information content (AvgIpc) is 2.19. The summed E-state index contributed by atoms with van der Waals surface area (Å²) in [5.41, 5.74) is 0.743. The topological polar surface area (TPSA) is 34.2 Å². The van der Waals surface area contributed by atoms with E-state index >= 15 is 0 Å². The van der Waals surface area contributed by atoms with E-state index in [1.807, 2.05) is 0 Å². The number of ether oxygens (including phenoxy) is 1. The van der Waals surface area contributed by atoms with E-state index in [-0.39, 0.29) is 5.88 Å². The Morgan fingerprint density at radius 2 is 2.19 bits per heavy atom. The molecule has 6 heteroatoms. The van der Waals surface area contributed by atoms with Crippen molar-refractivity contribution in [2.24, 2.45) is 0 Å². The van der Waals surface area contributed by atoms with E-state index in [1.54, 1.807) is 19.2 Å². The van der Waals surface area contributed by atoms with Crippen LogP contribution in [0.2, 0.25) is 0 Å². The first-order valence-corrected chi connectivity index (χ1v) is 4.81. The first-order valence-electron chi connectivity index (χ1n) is 4.81. The van der Waals surface area contributed by atoms with Crippen molar-refractivity contribution >= 4 is 0 Å². The SMILES string of the molecule is CNCc1cccnc1OCCC(F)(F)F. The van der Waals surface area contributed by atoms with Crippen LogP contribution < -0.4 is 10.1 Å². The highest BCUT2D eigenvalue weighted by atomic mass is 19.4. The van der Waals surface area contributed by atoms with Gasteiger partial charge in [0, 0.05) is 18.3 Å². The first-order chi connectivity index (χ1) is 7.53. The molecule has 0 aliphatic heterocycles. The molecule has 0 spiro atoms. The number of nitrogens with one attached hydrogen (secondary N) is 1. The molecule has 1 rings (SSSR count). The van der Waals surface area contributed by atoms with Crippen LogP contribution in [0.25, 0.3) is 0 Å². The predicted molar refractivity (Wildman–Crippen MR) is 53.2 cm³/mol. The maximum atomic E-state index is 11.9. The van der Waals surface area contributed by atoms with Gasteiger partial charge in [-0.25, -0.2) is 4.98 Å². The molecule has 0 fully saturated rings. The molecule has 0 unspecified atom stereocenters. The van der Waals surface area contributed by atoms with Crippen LogP contribution in [0, 0.1) is 0 Å². The van der Waals surface area contributed by atoms with Gasteiger partial charge in [-0.1, -0.05) is 6.07 Å². The zero-order valence-electron chi connectivity index (χ0n) is 8.84. The van der Waals surface area contributed by atoms with E-state index in [2.05, 4.69) is 10.3 Å². The van der Waals surface area contributed by atoms with Crippen molar-refractivity contribution < 1.29 is 17.9 Å². The molecule has 0 saturated heterocycles. The number of hydrogen-bond donors (Lipinski definition) is 1. The zero-order valence-corrected chi connectivity index (χ0v) is 8.84. The minimum Gasteiger partial charge on any atom is -0.477 e. The van der Waals surface area contributed by atoms with Crippen molar-refractivity contribution in [2.45, 2.75) is 19.1 Å². The van der Waals surface area contributed by atoms with Gasteiger partial charge in [0.1, 0.15) is 0 Å². The number of pyridine rings is 1. The molecule has 0 atom stereocenters. The summed E-state index contributed by atoms with van der Waals surface area (Å²) in [4.78, 5) is 3.89. The fraction of sp³-hybridized carbons (Fsp3) is 0.500. The smallest absolute Gasteiger partial charge is 0.392 e. The van der Waals surface area contributed by atoms with Crippen LogP contribution in [0.3, 0.4) is 0 Å². The molecule has 16 heavy (non-hydrogen) atoms. The van der Waals surface area contributed by atoms with Crippen LogP contribution in [0.4, 0.5) is 13.2 Å². The Morgan fingerprint density at radius 1 is 1.44 bits per heavy atom. The minimum atomic E-state index is -4.20. The van der Waals surface area contributed by atoms with Gasteiger partial charge in [0.2, 0.25) is 5.88 Å². The third kappa shape index (κ3) is 4.48.